The summed E-state index contributed by atoms with van der Waals surface area (Å²) in [4.78, 5) is 0. The maximum Gasteiger partial charge on any atom is 0.146 e. The van der Waals surface area contributed by atoms with Crippen LogP contribution in [0.3, 0.4) is 0 Å². The summed E-state index contributed by atoms with van der Waals surface area (Å²) in [5.74, 6) is 0.388. The first-order chi connectivity index (χ1) is 9.81. The lowest BCUT2D eigenvalue weighted by Crippen LogP contribution is -1.95. The molecule has 0 aliphatic heterocycles. The number of nitrogens with zero attached hydrogens (tertiary/aromatic N) is 1. The van der Waals surface area contributed by atoms with Gasteiger partial charge in [-0.3, -0.25) is 0 Å². The van der Waals surface area contributed by atoms with Gasteiger partial charge in [-0.15, -0.1) is 0 Å². The Kier molecular flexibility index (Phi) is 2.70. The van der Waals surface area contributed by atoms with Crippen LogP contribution in [-0.4, -0.2) is 4.37 Å². The first-order valence-corrected chi connectivity index (χ1v) is 7.48. The fraction of sp³-hybridized carbons (Fsp3) is 0.188. The van der Waals surface area contributed by atoms with E-state index in [1.165, 1.54) is 24.4 Å². The molecule has 1 fully saturated rings. The summed E-state index contributed by atoms with van der Waals surface area (Å²) < 4.78 is 19.4. The topological polar surface area (TPSA) is 24.9 Å². The first-order valence-electron chi connectivity index (χ1n) is 6.71. The van der Waals surface area contributed by atoms with Crippen molar-refractivity contribution >= 4 is 33.0 Å². The normalized spacial score (nSPS) is 14.7. The summed E-state index contributed by atoms with van der Waals surface area (Å²) in [7, 11) is 0. The molecule has 0 spiro atoms. The van der Waals surface area contributed by atoms with Crippen molar-refractivity contribution in [1.82, 2.24) is 4.37 Å². The molecule has 0 atom stereocenters. The van der Waals surface area contributed by atoms with Crippen molar-refractivity contribution in [1.29, 1.82) is 0 Å². The zero-order chi connectivity index (χ0) is 13.5. The van der Waals surface area contributed by atoms with Crippen LogP contribution < -0.4 is 5.32 Å². The predicted molar refractivity (Wildman–Crippen MR) is 81.3 cm³/mol. The Balaban J connectivity index is 1.70. The lowest BCUT2D eigenvalue weighted by molar-refractivity contribution is 0.629. The van der Waals surface area contributed by atoms with Crippen LogP contribution in [0.2, 0.25) is 0 Å². The molecule has 1 aliphatic carbocycles. The van der Waals surface area contributed by atoms with Crippen LogP contribution in [0.15, 0.2) is 42.6 Å². The average molecular weight is 284 g/mol. The van der Waals surface area contributed by atoms with E-state index >= 15 is 0 Å². The molecule has 4 rings (SSSR count). The van der Waals surface area contributed by atoms with Gasteiger partial charge < -0.3 is 5.32 Å². The van der Waals surface area contributed by atoms with Crippen molar-refractivity contribution in [2.45, 2.75) is 18.8 Å². The van der Waals surface area contributed by atoms with Crippen molar-refractivity contribution in [2.24, 2.45) is 0 Å². The lowest BCUT2D eigenvalue weighted by atomic mass is 10.1. The van der Waals surface area contributed by atoms with Gasteiger partial charge in [-0.05, 0) is 54.1 Å². The van der Waals surface area contributed by atoms with E-state index in [-0.39, 0.29) is 5.82 Å². The summed E-state index contributed by atoms with van der Waals surface area (Å²) in [5, 5.41) is 4.26. The van der Waals surface area contributed by atoms with E-state index in [1.54, 1.807) is 6.07 Å². The van der Waals surface area contributed by atoms with Gasteiger partial charge in [0.1, 0.15) is 5.82 Å². The molecule has 0 amide bonds. The molecule has 1 aliphatic rings. The number of nitrogens with one attached hydrogen (secondary N) is 1. The highest BCUT2D eigenvalue weighted by Crippen LogP contribution is 2.41. The Morgan fingerprint density at radius 1 is 1.15 bits per heavy atom. The molecule has 20 heavy (non-hydrogen) atoms. The van der Waals surface area contributed by atoms with Gasteiger partial charge in [-0.25, -0.2) is 4.39 Å². The molecule has 4 heteroatoms. The van der Waals surface area contributed by atoms with E-state index in [9.17, 15) is 4.39 Å². The van der Waals surface area contributed by atoms with Gasteiger partial charge in [0, 0.05) is 11.6 Å². The van der Waals surface area contributed by atoms with Crippen LogP contribution in [0.5, 0.6) is 0 Å². The van der Waals surface area contributed by atoms with Crippen molar-refractivity contribution in [3.8, 4) is 0 Å². The number of hydrogen-bond acceptors (Lipinski definition) is 3. The second kappa shape index (κ2) is 4.56. The number of rotatable bonds is 3. The number of benzene rings is 2. The molecule has 0 radical (unpaired) electrons. The smallest absolute Gasteiger partial charge is 0.146 e. The molecular weight excluding hydrogens is 271 g/mol. The predicted octanol–water partition coefficient (Wildman–Crippen LogP) is 5.06. The average Bonchev–Trinajstić information content (AvgIpc) is 3.19. The van der Waals surface area contributed by atoms with Crippen LogP contribution in [-0.2, 0) is 0 Å². The molecule has 2 nitrogen and oxygen atoms in total. The minimum Gasteiger partial charge on any atom is -0.352 e. The fourth-order valence-corrected chi connectivity index (χ4v) is 3.16. The van der Waals surface area contributed by atoms with Gasteiger partial charge in [-0.2, -0.15) is 4.37 Å². The van der Waals surface area contributed by atoms with Crippen LogP contribution in [0.25, 0.3) is 10.1 Å². The van der Waals surface area contributed by atoms with Gasteiger partial charge in [0.15, 0.2) is 0 Å². The van der Waals surface area contributed by atoms with Crippen LogP contribution in [0, 0.1) is 5.82 Å². The molecule has 0 saturated heterocycles. The molecule has 1 saturated carbocycles. The summed E-state index contributed by atoms with van der Waals surface area (Å²) >= 11 is 1.42. The highest BCUT2D eigenvalue weighted by atomic mass is 32.1. The maximum atomic E-state index is 14.2. The number of anilines is 2. The fourth-order valence-electron chi connectivity index (χ4n) is 2.44. The third-order valence-corrected chi connectivity index (χ3v) is 4.54. The maximum absolute atomic E-state index is 14.2. The minimum atomic E-state index is -0.184. The Morgan fingerprint density at radius 3 is 2.85 bits per heavy atom. The molecule has 1 aromatic heterocycles. The molecule has 0 unspecified atom stereocenters. The summed E-state index contributed by atoms with van der Waals surface area (Å²) in [5.41, 5.74) is 2.54. The quantitative estimate of drug-likeness (QED) is 0.727. The Morgan fingerprint density at radius 2 is 2.05 bits per heavy atom. The summed E-state index contributed by atoms with van der Waals surface area (Å²) in [6, 6.07) is 11.4. The Hall–Kier alpha value is -1.94. The molecule has 100 valence electrons. The summed E-state index contributed by atoms with van der Waals surface area (Å²) in [6.45, 7) is 0. The van der Waals surface area contributed by atoms with E-state index < -0.39 is 0 Å². The standard InChI is InChI=1S/C16H13FN2S/c17-13-8-11(10-4-5-10)6-7-14(13)19-15-3-1-2-12-9-18-20-16(12)15/h1-3,6-10,19H,4-5H2. The Bertz CT molecular complexity index is 777. The highest BCUT2D eigenvalue weighted by molar-refractivity contribution is 7.14. The number of halogens is 1. The Labute approximate surface area is 120 Å². The number of aromatic nitrogens is 1. The molecule has 1 N–H and O–H groups in total. The van der Waals surface area contributed by atoms with Gasteiger partial charge in [0.25, 0.3) is 0 Å². The third-order valence-electron chi connectivity index (χ3n) is 3.69. The van der Waals surface area contributed by atoms with Crippen LogP contribution in [0.4, 0.5) is 15.8 Å². The summed E-state index contributed by atoms with van der Waals surface area (Å²) in [6.07, 6.45) is 4.20. The third kappa shape index (κ3) is 2.06. The first kappa shape index (κ1) is 11.9. The van der Waals surface area contributed by atoms with E-state index in [1.807, 2.05) is 36.5 Å². The highest BCUT2D eigenvalue weighted by Gasteiger charge is 2.24. The number of fused-ring (bicyclic) bond motifs is 1. The van der Waals surface area contributed by atoms with Gasteiger partial charge in [0.2, 0.25) is 0 Å². The van der Waals surface area contributed by atoms with Gasteiger partial charge >= 0.3 is 0 Å². The van der Waals surface area contributed by atoms with Crippen molar-refractivity contribution in [2.75, 3.05) is 5.32 Å². The van der Waals surface area contributed by atoms with Crippen molar-refractivity contribution in [3.05, 3.63) is 54.0 Å². The zero-order valence-electron chi connectivity index (χ0n) is 10.8. The molecule has 2 aromatic carbocycles. The van der Waals surface area contributed by atoms with Crippen molar-refractivity contribution in [3.63, 3.8) is 0 Å². The molecule has 3 aromatic rings. The second-order valence-corrected chi connectivity index (χ2v) is 5.99. The van der Waals surface area contributed by atoms with Gasteiger partial charge in [-0.1, -0.05) is 18.2 Å². The molecule has 1 heterocycles. The zero-order valence-corrected chi connectivity index (χ0v) is 11.6. The lowest BCUT2D eigenvalue weighted by Gasteiger charge is -2.09. The number of hydrogen-bond donors (Lipinski definition) is 1. The second-order valence-electron chi connectivity index (χ2n) is 5.19. The van der Waals surface area contributed by atoms with E-state index in [2.05, 4.69) is 9.69 Å². The van der Waals surface area contributed by atoms with Gasteiger partial charge in [0.05, 0.1) is 16.1 Å². The van der Waals surface area contributed by atoms with Crippen molar-refractivity contribution < 1.29 is 4.39 Å². The molecular formula is C16H13FN2S. The van der Waals surface area contributed by atoms with Crippen LogP contribution in [0.1, 0.15) is 24.3 Å². The SMILES string of the molecule is Fc1cc(C2CC2)ccc1Nc1cccc2cnsc12. The molecule has 0 bridgehead atoms. The monoisotopic (exact) mass is 284 g/mol. The minimum absolute atomic E-state index is 0.184. The van der Waals surface area contributed by atoms with E-state index in [4.69, 9.17) is 0 Å². The van der Waals surface area contributed by atoms with E-state index in [0.29, 0.717) is 11.6 Å². The largest absolute Gasteiger partial charge is 0.352 e. The van der Waals surface area contributed by atoms with E-state index in [0.717, 1.165) is 21.3 Å². The van der Waals surface area contributed by atoms with Crippen LogP contribution >= 0.6 is 11.5 Å².